The van der Waals surface area contributed by atoms with Crippen molar-refractivity contribution in [2.45, 2.75) is 52.9 Å². The summed E-state index contributed by atoms with van der Waals surface area (Å²) in [5, 5.41) is 2.58. The van der Waals surface area contributed by atoms with Gasteiger partial charge >= 0.3 is 0 Å². The number of benzene rings is 3. The maximum Gasteiger partial charge on any atom is 0.0539 e. The lowest BCUT2D eigenvalue weighted by molar-refractivity contribution is 0.762. The summed E-state index contributed by atoms with van der Waals surface area (Å²) >= 11 is 0. The molecular weight excluding hydrogens is 603 g/mol. The van der Waals surface area contributed by atoms with E-state index in [2.05, 4.69) is 166 Å². The maximum absolute atomic E-state index is 4.33. The van der Waals surface area contributed by atoms with Crippen molar-refractivity contribution in [1.29, 1.82) is 0 Å². The Morgan fingerprint density at radius 1 is 0.960 bits per heavy atom. The third-order valence-corrected chi connectivity index (χ3v) is 9.35. The van der Waals surface area contributed by atoms with Crippen molar-refractivity contribution < 1.29 is 0 Å². The van der Waals surface area contributed by atoms with E-state index in [9.17, 15) is 0 Å². The molecule has 252 valence electrons. The van der Waals surface area contributed by atoms with Crippen LogP contribution in [0.3, 0.4) is 0 Å². The van der Waals surface area contributed by atoms with Crippen LogP contribution in [0.2, 0.25) is 0 Å². The third-order valence-electron chi connectivity index (χ3n) is 9.35. The van der Waals surface area contributed by atoms with Crippen molar-refractivity contribution in [3.8, 4) is 0 Å². The highest BCUT2D eigenvalue weighted by Crippen LogP contribution is 2.41. The van der Waals surface area contributed by atoms with Crippen LogP contribution in [-0.2, 0) is 12.8 Å². The normalized spacial score (nSPS) is 16.7. The van der Waals surface area contributed by atoms with Gasteiger partial charge < -0.3 is 4.90 Å². The van der Waals surface area contributed by atoms with Crippen molar-refractivity contribution in [2.75, 3.05) is 4.90 Å². The average Bonchev–Trinajstić information content (AvgIpc) is 3.15. The molecule has 1 heteroatoms. The number of nitrogens with zero attached hydrogens (tertiary/aromatic N) is 1. The van der Waals surface area contributed by atoms with Crippen molar-refractivity contribution >= 4 is 28.6 Å². The van der Waals surface area contributed by atoms with E-state index in [1.165, 1.54) is 55.7 Å². The molecule has 5 rings (SSSR count). The smallest absolute Gasteiger partial charge is 0.0539 e. The van der Waals surface area contributed by atoms with Gasteiger partial charge in [0.25, 0.3) is 0 Å². The summed E-state index contributed by atoms with van der Waals surface area (Å²) < 4.78 is 0. The Labute approximate surface area is 301 Å². The molecule has 3 aromatic rings. The average molecular weight is 654 g/mol. The fourth-order valence-electron chi connectivity index (χ4n) is 6.75. The maximum atomic E-state index is 4.33. The van der Waals surface area contributed by atoms with Gasteiger partial charge in [0, 0.05) is 22.7 Å². The second-order valence-electron chi connectivity index (χ2n) is 12.9. The van der Waals surface area contributed by atoms with Crippen LogP contribution in [-0.4, -0.2) is 0 Å². The predicted molar refractivity (Wildman–Crippen MR) is 222 cm³/mol. The molecule has 1 unspecified atom stereocenters. The van der Waals surface area contributed by atoms with Gasteiger partial charge in [0.2, 0.25) is 0 Å². The van der Waals surface area contributed by atoms with E-state index >= 15 is 0 Å². The summed E-state index contributed by atoms with van der Waals surface area (Å²) in [6.45, 7) is 18.6. The predicted octanol–water partition coefficient (Wildman–Crippen LogP) is 13.5. The molecule has 2 aliphatic rings. The van der Waals surface area contributed by atoms with Crippen LogP contribution in [0.25, 0.3) is 22.9 Å². The Morgan fingerprint density at radius 3 is 2.44 bits per heavy atom. The first-order valence-corrected chi connectivity index (χ1v) is 17.9. The molecule has 0 aliphatic heterocycles. The van der Waals surface area contributed by atoms with Crippen LogP contribution in [0, 0.1) is 5.92 Å². The summed E-state index contributed by atoms with van der Waals surface area (Å²) in [7, 11) is 0. The lowest BCUT2D eigenvalue weighted by atomic mass is 9.86. The molecule has 50 heavy (non-hydrogen) atoms. The molecule has 0 N–H and O–H groups in total. The Kier molecular flexibility index (Phi) is 12.8. The van der Waals surface area contributed by atoms with Gasteiger partial charge in [-0.15, -0.1) is 0 Å². The molecule has 0 radical (unpaired) electrons. The Balaban J connectivity index is 1.54. The lowest BCUT2D eigenvalue weighted by Gasteiger charge is -2.33. The van der Waals surface area contributed by atoms with Gasteiger partial charge in [-0.25, -0.2) is 0 Å². The van der Waals surface area contributed by atoms with Crippen molar-refractivity contribution in [2.24, 2.45) is 5.92 Å². The topological polar surface area (TPSA) is 3.24 Å². The highest BCUT2D eigenvalue weighted by Gasteiger charge is 2.23. The lowest BCUT2D eigenvalue weighted by Crippen LogP contribution is -2.23. The van der Waals surface area contributed by atoms with E-state index in [4.69, 9.17) is 0 Å². The number of aryl methyl sites for hydroxylation is 1. The van der Waals surface area contributed by atoms with Gasteiger partial charge in [-0.2, -0.15) is 0 Å². The molecule has 0 aromatic heterocycles. The van der Waals surface area contributed by atoms with Crippen molar-refractivity contribution in [3.05, 3.63) is 210 Å². The van der Waals surface area contributed by atoms with E-state index in [0.717, 1.165) is 43.3 Å². The van der Waals surface area contributed by atoms with Gasteiger partial charge in [-0.3, -0.25) is 0 Å². The first-order valence-electron chi connectivity index (χ1n) is 17.9. The number of fused-ring (bicyclic) bond motifs is 3. The highest BCUT2D eigenvalue weighted by atomic mass is 15.2. The second kappa shape index (κ2) is 17.8. The molecule has 1 nitrogen and oxygen atoms in total. The molecular formula is C49H51N. The molecule has 0 heterocycles. The van der Waals surface area contributed by atoms with Crippen LogP contribution in [0.15, 0.2) is 188 Å². The van der Waals surface area contributed by atoms with E-state index in [0.29, 0.717) is 0 Å². The molecule has 1 atom stereocenters. The van der Waals surface area contributed by atoms with Crippen LogP contribution >= 0.6 is 0 Å². The largest absolute Gasteiger partial charge is 0.314 e. The number of rotatable bonds is 14. The van der Waals surface area contributed by atoms with E-state index in [1.54, 1.807) is 0 Å². The Morgan fingerprint density at radius 2 is 1.76 bits per heavy atom. The van der Waals surface area contributed by atoms with E-state index in [-0.39, 0.29) is 5.92 Å². The molecule has 3 aromatic carbocycles. The fourth-order valence-corrected chi connectivity index (χ4v) is 6.75. The zero-order valence-electron chi connectivity index (χ0n) is 30.1. The van der Waals surface area contributed by atoms with Gasteiger partial charge in [0.1, 0.15) is 0 Å². The van der Waals surface area contributed by atoms with Crippen molar-refractivity contribution in [3.63, 3.8) is 0 Å². The van der Waals surface area contributed by atoms with Gasteiger partial charge in [0.15, 0.2) is 0 Å². The summed E-state index contributed by atoms with van der Waals surface area (Å²) in [5.74, 6) is 0.229. The van der Waals surface area contributed by atoms with Gasteiger partial charge in [-0.1, -0.05) is 166 Å². The van der Waals surface area contributed by atoms with E-state index in [1.807, 2.05) is 31.2 Å². The molecule has 0 spiro atoms. The van der Waals surface area contributed by atoms with Crippen molar-refractivity contribution in [1.82, 2.24) is 0 Å². The SMILES string of the molecule is C=C/C=C(C=C)/C=C(\C(=C)C)C1C=CC(N(/C(=C/C=C/c2ccc(C/C=C\C=C/C)cc2)CC)c2cc3c(c4ccccc24)C=CCC3)=CC1. The number of hydrogen-bond donors (Lipinski definition) is 0. The number of anilines is 1. The summed E-state index contributed by atoms with van der Waals surface area (Å²) in [6, 6.07) is 20.2. The molecule has 0 amide bonds. The quantitative estimate of drug-likeness (QED) is 0.157. The molecule has 2 aliphatic carbocycles. The Hall–Kier alpha value is -5.40. The first-order chi connectivity index (χ1) is 24.5. The fraction of sp³-hybridized carbons (Fsp3) is 0.184. The summed E-state index contributed by atoms with van der Waals surface area (Å²) in [6.07, 6.45) is 39.5. The van der Waals surface area contributed by atoms with Gasteiger partial charge in [0.05, 0.1) is 5.69 Å². The summed E-state index contributed by atoms with van der Waals surface area (Å²) in [4.78, 5) is 2.50. The van der Waals surface area contributed by atoms with Crippen LogP contribution in [0.5, 0.6) is 0 Å². The minimum Gasteiger partial charge on any atom is -0.314 e. The number of hydrogen-bond acceptors (Lipinski definition) is 1. The van der Waals surface area contributed by atoms with Gasteiger partial charge in [-0.05, 0) is 103 Å². The first kappa shape index (κ1) is 35.9. The van der Waals surface area contributed by atoms with Crippen LogP contribution < -0.4 is 4.90 Å². The van der Waals surface area contributed by atoms with E-state index < -0.39 is 0 Å². The monoisotopic (exact) mass is 653 g/mol. The number of allylic oxidation sites excluding steroid dienone is 18. The minimum absolute atomic E-state index is 0.229. The zero-order chi connectivity index (χ0) is 35.3. The standard InChI is InChI=1S/C49H51N/c1-7-11-12-13-20-39-27-29-40(30-28-39)21-18-23-43(10-4)50(49-36-42-22-14-15-24-45(42)46-25-16-17-26-47(46)49)44-33-31-41(32-34-44)48(37(5)6)35-38(9-3)19-8-2/h7-9,11-13,15-19,21,23-31,33-36,41H,2-3,5,10,14,20,22,32H2,1,4,6H3/b11-7-,13-12-,21-18+,38-19+,43-23+,48-35+. The highest BCUT2D eigenvalue weighted by molar-refractivity contribution is 6.02. The third kappa shape index (κ3) is 8.79. The molecule has 0 saturated heterocycles. The molecule has 0 fully saturated rings. The van der Waals surface area contributed by atoms with Crippen LogP contribution in [0.4, 0.5) is 5.69 Å². The summed E-state index contributed by atoms with van der Waals surface area (Å²) in [5.41, 5.74) is 12.3. The second-order valence-corrected chi connectivity index (χ2v) is 12.9. The zero-order valence-corrected chi connectivity index (χ0v) is 30.1. The molecule has 0 saturated carbocycles. The molecule has 0 bridgehead atoms. The van der Waals surface area contributed by atoms with Crippen LogP contribution in [0.1, 0.15) is 62.3 Å². The minimum atomic E-state index is 0.229. The Bertz CT molecular complexity index is 1990.